The molecule has 0 aliphatic rings. The van der Waals surface area contributed by atoms with Gasteiger partial charge in [-0.1, -0.05) is 36.4 Å². The van der Waals surface area contributed by atoms with Gasteiger partial charge in [0.15, 0.2) is 5.13 Å². The molecule has 6 heteroatoms. The van der Waals surface area contributed by atoms with E-state index in [0.717, 1.165) is 22.5 Å². The molecular weight excluding hydrogens is 358 g/mol. The summed E-state index contributed by atoms with van der Waals surface area (Å²) in [4.78, 5) is 28.8. The van der Waals surface area contributed by atoms with Gasteiger partial charge in [0.2, 0.25) is 5.91 Å². The first-order chi connectivity index (χ1) is 13.0. The van der Waals surface area contributed by atoms with Crippen LogP contribution in [-0.4, -0.2) is 16.8 Å². The van der Waals surface area contributed by atoms with Crippen molar-refractivity contribution >= 4 is 34.0 Å². The fraction of sp³-hybridized carbons (Fsp3) is 0.190. The van der Waals surface area contributed by atoms with E-state index in [-0.39, 0.29) is 11.8 Å². The minimum Gasteiger partial charge on any atom is -0.326 e. The van der Waals surface area contributed by atoms with E-state index < -0.39 is 0 Å². The van der Waals surface area contributed by atoms with E-state index in [0.29, 0.717) is 23.5 Å². The van der Waals surface area contributed by atoms with Crippen LogP contribution in [0.25, 0.3) is 0 Å². The van der Waals surface area contributed by atoms with Gasteiger partial charge < -0.3 is 5.32 Å². The predicted octanol–water partition coefficient (Wildman–Crippen LogP) is 4.58. The molecule has 1 aromatic heterocycles. The molecule has 138 valence electrons. The summed E-state index contributed by atoms with van der Waals surface area (Å²) in [6.07, 6.45) is 0.859. The van der Waals surface area contributed by atoms with Crippen molar-refractivity contribution in [1.29, 1.82) is 0 Å². The van der Waals surface area contributed by atoms with E-state index in [4.69, 9.17) is 0 Å². The first-order valence-corrected chi connectivity index (χ1v) is 9.58. The second-order valence-corrected chi connectivity index (χ2v) is 7.14. The van der Waals surface area contributed by atoms with Crippen LogP contribution in [0.4, 0.5) is 10.8 Å². The summed E-state index contributed by atoms with van der Waals surface area (Å²) in [6, 6.07) is 14.9. The lowest BCUT2D eigenvalue weighted by Gasteiger charge is -2.11. The Morgan fingerprint density at radius 3 is 2.37 bits per heavy atom. The first-order valence-electron chi connectivity index (χ1n) is 8.70. The largest absolute Gasteiger partial charge is 0.326 e. The maximum atomic E-state index is 12.3. The molecule has 0 saturated heterocycles. The molecule has 5 nitrogen and oxygen atoms in total. The molecule has 0 atom stereocenters. The van der Waals surface area contributed by atoms with Crippen molar-refractivity contribution < 1.29 is 9.59 Å². The quantitative estimate of drug-likeness (QED) is 0.658. The van der Waals surface area contributed by atoms with Crippen molar-refractivity contribution in [3.63, 3.8) is 0 Å². The SMILES string of the molecule is Cc1cccc(C)c1NC(=O)CCc1csc(NC(=O)c2ccccc2)n1. The molecular formula is C21H21N3O2S. The number of carbonyl (C=O) groups is 2. The molecule has 2 aromatic carbocycles. The van der Waals surface area contributed by atoms with Crippen LogP contribution < -0.4 is 10.6 Å². The summed E-state index contributed by atoms with van der Waals surface area (Å²) in [5, 5.41) is 8.17. The van der Waals surface area contributed by atoms with Crippen molar-refractivity contribution in [3.8, 4) is 0 Å². The molecule has 0 radical (unpaired) electrons. The number of benzene rings is 2. The number of hydrogen-bond acceptors (Lipinski definition) is 4. The van der Waals surface area contributed by atoms with Crippen molar-refractivity contribution in [2.24, 2.45) is 0 Å². The fourth-order valence-electron chi connectivity index (χ4n) is 2.69. The second-order valence-electron chi connectivity index (χ2n) is 6.28. The minimum atomic E-state index is -0.190. The third-order valence-corrected chi connectivity index (χ3v) is 4.97. The number of nitrogens with zero attached hydrogens (tertiary/aromatic N) is 1. The Labute approximate surface area is 162 Å². The van der Waals surface area contributed by atoms with Crippen molar-refractivity contribution in [3.05, 3.63) is 76.3 Å². The normalized spacial score (nSPS) is 10.4. The second kappa shape index (κ2) is 8.60. The number of anilines is 2. The van der Waals surface area contributed by atoms with E-state index in [1.54, 1.807) is 12.1 Å². The Balaban J connectivity index is 1.53. The van der Waals surface area contributed by atoms with Crippen LogP contribution in [0, 0.1) is 13.8 Å². The summed E-state index contributed by atoms with van der Waals surface area (Å²) >= 11 is 1.36. The van der Waals surface area contributed by atoms with Gasteiger partial charge >= 0.3 is 0 Å². The maximum absolute atomic E-state index is 12.3. The minimum absolute atomic E-state index is 0.0460. The molecule has 2 amide bonds. The highest BCUT2D eigenvalue weighted by Crippen LogP contribution is 2.21. The number of nitrogens with one attached hydrogen (secondary N) is 2. The predicted molar refractivity (Wildman–Crippen MR) is 109 cm³/mol. The van der Waals surface area contributed by atoms with Crippen LogP contribution in [0.3, 0.4) is 0 Å². The molecule has 3 aromatic rings. The number of thiazole rings is 1. The highest BCUT2D eigenvalue weighted by molar-refractivity contribution is 7.14. The molecule has 2 N–H and O–H groups in total. The van der Waals surface area contributed by atoms with Crippen LogP contribution in [-0.2, 0) is 11.2 Å². The Morgan fingerprint density at radius 1 is 0.963 bits per heavy atom. The standard InChI is InChI=1S/C21H21N3O2S/c1-14-7-6-8-15(2)19(14)23-18(25)12-11-17-13-27-21(22-17)24-20(26)16-9-4-3-5-10-16/h3-10,13H,11-12H2,1-2H3,(H,23,25)(H,22,24,26). The van der Waals surface area contributed by atoms with Crippen LogP contribution in [0.15, 0.2) is 53.9 Å². The molecule has 0 unspecified atom stereocenters. The molecule has 3 rings (SSSR count). The van der Waals surface area contributed by atoms with Crippen LogP contribution in [0.5, 0.6) is 0 Å². The molecule has 0 saturated carbocycles. The molecule has 0 aliphatic carbocycles. The number of para-hydroxylation sites is 1. The summed E-state index contributed by atoms with van der Waals surface area (Å²) in [5.41, 5.74) is 4.34. The third-order valence-electron chi connectivity index (χ3n) is 4.16. The Morgan fingerprint density at radius 2 is 1.67 bits per heavy atom. The lowest BCUT2D eigenvalue weighted by Crippen LogP contribution is -2.14. The average Bonchev–Trinajstić information content (AvgIpc) is 3.11. The Hall–Kier alpha value is -2.99. The van der Waals surface area contributed by atoms with Crippen molar-refractivity contribution in [2.75, 3.05) is 10.6 Å². The maximum Gasteiger partial charge on any atom is 0.257 e. The van der Waals surface area contributed by atoms with Gasteiger partial charge in [0, 0.05) is 23.1 Å². The Bertz CT molecular complexity index is 931. The number of rotatable bonds is 6. The summed E-state index contributed by atoms with van der Waals surface area (Å²) in [6.45, 7) is 3.95. The number of aryl methyl sites for hydroxylation is 3. The van der Waals surface area contributed by atoms with E-state index in [2.05, 4.69) is 15.6 Å². The summed E-state index contributed by atoms with van der Waals surface area (Å²) in [5.74, 6) is -0.237. The monoisotopic (exact) mass is 379 g/mol. The van der Waals surface area contributed by atoms with E-state index in [9.17, 15) is 9.59 Å². The molecule has 0 bridgehead atoms. The lowest BCUT2D eigenvalue weighted by molar-refractivity contribution is -0.116. The highest BCUT2D eigenvalue weighted by atomic mass is 32.1. The van der Waals surface area contributed by atoms with E-state index in [1.165, 1.54) is 11.3 Å². The zero-order chi connectivity index (χ0) is 19.2. The van der Waals surface area contributed by atoms with Gasteiger partial charge in [0.25, 0.3) is 5.91 Å². The van der Waals surface area contributed by atoms with E-state index >= 15 is 0 Å². The fourth-order valence-corrected chi connectivity index (χ4v) is 3.43. The molecule has 0 spiro atoms. The zero-order valence-electron chi connectivity index (χ0n) is 15.3. The van der Waals surface area contributed by atoms with Crippen molar-refractivity contribution in [1.82, 2.24) is 4.98 Å². The first kappa shape index (κ1) is 18.8. The third kappa shape index (κ3) is 5.01. The van der Waals surface area contributed by atoms with Crippen LogP contribution in [0.2, 0.25) is 0 Å². The number of amides is 2. The summed E-state index contributed by atoms with van der Waals surface area (Å²) < 4.78 is 0. The highest BCUT2D eigenvalue weighted by Gasteiger charge is 2.11. The number of hydrogen-bond donors (Lipinski definition) is 2. The molecule has 1 heterocycles. The lowest BCUT2D eigenvalue weighted by atomic mass is 10.1. The average molecular weight is 379 g/mol. The molecule has 27 heavy (non-hydrogen) atoms. The van der Waals surface area contributed by atoms with Crippen LogP contribution in [0.1, 0.15) is 33.6 Å². The zero-order valence-corrected chi connectivity index (χ0v) is 16.1. The van der Waals surface area contributed by atoms with E-state index in [1.807, 2.05) is 55.6 Å². The van der Waals surface area contributed by atoms with Crippen LogP contribution >= 0.6 is 11.3 Å². The topological polar surface area (TPSA) is 71.1 Å². The summed E-state index contributed by atoms with van der Waals surface area (Å²) in [7, 11) is 0. The molecule has 0 aliphatic heterocycles. The van der Waals surface area contributed by atoms with Gasteiger partial charge in [-0.15, -0.1) is 11.3 Å². The van der Waals surface area contributed by atoms with Gasteiger partial charge in [0.05, 0.1) is 5.69 Å². The van der Waals surface area contributed by atoms with Gasteiger partial charge in [0.1, 0.15) is 0 Å². The van der Waals surface area contributed by atoms with Gasteiger partial charge in [-0.05, 0) is 43.5 Å². The smallest absolute Gasteiger partial charge is 0.257 e. The van der Waals surface area contributed by atoms with Gasteiger partial charge in [-0.3, -0.25) is 14.9 Å². The van der Waals surface area contributed by atoms with Crippen molar-refractivity contribution in [2.45, 2.75) is 26.7 Å². The number of carbonyl (C=O) groups excluding carboxylic acids is 2. The Kier molecular flexibility index (Phi) is 5.98. The number of aromatic nitrogens is 1. The molecule has 0 fully saturated rings. The van der Waals surface area contributed by atoms with Gasteiger partial charge in [-0.2, -0.15) is 0 Å². The van der Waals surface area contributed by atoms with Gasteiger partial charge in [-0.25, -0.2) is 4.98 Å².